The Morgan fingerprint density at radius 2 is 2.28 bits per heavy atom. The Labute approximate surface area is 109 Å². The first kappa shape index (κ1) is 12.3. The molecule has 0 amide bonds. The summed E-state index contributed by atoms with van der Waals surface area (Å²) in [5, 5.41) is 11.6. The first-order chi connectivity index (χ1) is 8.63. The van der Waals surface area contributed by atoms with Gasteiger partial charge in [-0.3, -0.25) is 4.79 Å². The van der Waals surface area contributed by atoms with Crippen molar-refractivity contribution in [3.63, 3.8) is 0 Å². The van der Waals surface area contributed by atoms with E-state index in [1.54, 1.807) is 6.07 Å². The highest BCUT2D eigenvalue weighted by atomic mass is 79.9. The van der Waals surface area contributed by atoms with E-state index in [2.05, 4.69) is 31.2 Å². The number of benzene rings is 1. The lowest BCUT2D eigenvalue weighted by molar-refractivity contribution is 0.624. The minimum atomic E-state index is -0.636. The predicted molar refractivity (Wildman–Crippen MR) is 67.0 cm³/mol. The number of rotatable bonds is 2. The summed E-state index contributed by atoms with van der Waals surface area (Å²) in [6.45, 7) is 0. The molecule has 0 atom stereocenters. The van der Waals surface area contributed by atoms with Gasteiger partial charge >= 0.3 is 0 Å². The number of nitriles is 1. The average Bonchev–Trinajstić information content (AvgIpc) is 2.35. The van der Waals surface area contributed by atoms with Crippen molar-refractivity contribution < 1.29 is 4.39 Å². The van der Waals surface area contributed by atoms with Crippen LogP contribution >= 0.6 is 15.9 Å². The van der Waals surface area contributed by atoms with Gasteiger partial charge in [0.05, 0.1) is 12.0 Å². The molecular formula is C11H6BrFN4O. The molecule has 0 unspecified atom stereocenters. The molecule has 2 rings (SSSR count). The van der Waals surface area contributed by atoms with E-state index in [0.29, 0.717) is 0 Å². The van der Waals surface area contributed by atoms with Crippen molar-refractivity contribution in [2.24, 2.45) is 0 Å². The molecule has 0 aliphatic heterocycles. The minimum Gasteiger partial charge on any atom is -0.338 e. The van der Waals surface area contributed by atoms with Gasteiger partial charge in [0.1, 0.15) is 21.9 Å². The number of hydrogen-bond donors (Lipinski definition) is 2. The summed E-state index contributed by atoms with van der Waals surface area (Å²) in [6, 6.07) is 5.92. The molecule has 0 aliphatic carbocycles. The largest absolute Gasteiger partial charge is 0.338 e. The second-order valence-corrected chi connectivity index (χ2v) is 4.09. The molecule has 1 aromatic heterocycles. The van der Waals surface area contributed by atoms with Gasteiger partial charge < -0.3 is 10.3 Å². The van der Waals surface area contributed by atoms with E-state index in [1.165, 1.54) is 24.5 Å². The average molecular weight is 309 g/mol. The Morgan fingerprint density at radius 1 is 1.50 bits per heavy atom. The van der Waals surface area contributed by atoms with Crippen molar-refractivity contribution in [1.29, 1.82) is 5.26 Å². The van der Waals surface area contributed by atoms with E-state index < -0.39 is 5.82 Å². The van der Waals surface area contributed by atoms with Crippen LogP contribution in [-0.4, -0.2) is 9.97 Å². The maximum absolute atomic E-state index is 13.4. The molecule has 0 saturated heterocycles. The van der Waals surface area contributed by atoms with E-state index >= 15 is 0 Å². The number of hydrogen-bond acceptors (Lipinski definition) is 4. The summed E-state index contributed by atoms with van der Waals surface area (Å²) < 4.78 is 13.5. The Bertz CT molecular complexity index is 692. The van der Waals surface area contributed by atoms with Crippen LogP contribution in [0.25, 0.3) is 0 Å². The van der Waals surface area contributed by atoms with Crippen LogP contribution in [0.3, 0.4) is 0 Å². The molecule has 90 valence electrons. The molecule has 18 heavy (non-hydrogen) atoms. The Hall–Kier alpha value is -2.20. The van der Waals surface area contributed by atoms with Gasteiger partial charge in [0.15, 0.2) is 5.82 Å². The predicted octanol–water partition coefficient (Wildman–Crippen LogP) is 2.29. The fourth-order valence-electron chi connectivity index (χ4n) is 1.34. The number of H-pyrrole nitrogens is 1. The molecule has 0 fully saturated rings. The van der Waals surface area contributed by atoms with Crippen LogP contribution in [-0.2, 0) is 0 Å². The number of aromatic nitrogens is 2. The number of anilines is 2. The molecule has 1 aromatic carbocycles. The highest BCUT2D eigenvalue weighted by Gasteiger charge is 2.11. The van der Waals surface area contributed by atoms with Gasteiger partial charge in [-0.05, 0) is 28.1 Å². The third-order valence-electron chi connectivity index (χ3n) is 2.18. The van der Waals surface area contributed by atoms with Crippen LogP contribution < -0.4 is 10.9 Å². The van der Waals surface area contributed by atoms with Crippen LogP contribution in [0, 0.1) is 17.1 Å². The number of aromatic amines is 1. The molecule has 1 heterocycles. The third kappa shape index (κ3) is 2.24. The van der Waals surface area contributed by atoms with Crippen LogP contribution in [0.2, 0.25) is 0 Å². The molecule has 2 N–H and O–H groups in total. The van der Waals surface area contributed by atoms with Gasteiger partial charge in [-0.1, -0.05) is 6.07 Å². The number of nitrogens with zero attached hydrogens (tertiary/aromatic N) is 2. The van der Waals surface area contributed by atoms with Gasteiger partial charge in [0.2, 0.25) is 0 Å². The molecule has 0 aliphatic rings. The normalized spacial score (nSPS) is 9.83. The standard InChI is InChI=1S/C11H6BrFN4O/c12-9-10(15-5-16-11(9)18)17-8-3-1-2-7(13)6(8)4-14/h1-3,5H,(H2,15,16,17,18). The monoisotopic (exact) mass is 308 g/mol. The number of nitrogens with one attached hydrogen (secondary N) is 2. The highest BCUT2D eigenvalue weighted by Crippen LogP contribution is 2.24. The van der Waals surface area contributed by atoms with E-state index in [-0.39, 0.29) is 27.1 Å². The highest BCUT2D eigenvalue weighted by molar-refractivity contribution is 9.10. The smallest absolute Gasteiger partial charge is 0.267 e. The van der Waals surface area contributed by atoms with Gasteiger partial charge in [0, 0.05) is 0 Å². The lowest BCUT2D eigenvalue weighted by atomic mass is 10.2. The Morgan fingerprint density at radius 3 is 3.00 bits per heavy atom. The molecule has 0 saturated carbocycles. The van der Waals surface area contributed by atoms with Crippen molar-refractivity contribution in [2.75, 3.05) is 5.32 Å². The van der Waals surface area contributed by atoms with Crippen molar-refractivity contribution in [3.8, 4) is 6.07 Å². The van der Waals surface area contributed by atoms with Crippen molar-refractivity contribution in [3.05, 3.63) is 50.7 Å². The van der Waals surface area contributed by atoms with Gasteiger partial charge in [-0.25, -0.2) is 9.37 Å². The second kappa shape index (κ2) is 4.98. The first-order valence-electron chi connectivity index (χ1n) is 4.82. The zero-order valence-corrected chi connectivity index (χ0v) is 10.5. The van der Waals surface area contributed by atoms with Crippen LogP contribution in [0.1, 0.15) is 5.56 Å². The van der Waals surface area contributed by atoms with Crippen LogP contribution in [0.5, 0.6) is 0 Å². The lowest BCUT2D eigenvalue weighted by Crippen LogP contribution is -2.10. The molecule has 2 aromatic rings. The fraction of sp³-hybridized carbons (Fsp3) is 0. The summed E-state index contributed by atoms with van der Waals surface area (Å²) in [4.78, 5) is 17.6. The van der Waals surface area contributed by atoms with E-state index in [0.717, 1.165) is 0 Å². The van der Waals surface area contributed by atoms with Crippen molar-refractivity contribution in [1.82, 2.24) is 9.97 Å². The molecule has 0 spiro atoms. The molecule has 0 bridgehead atoms. The molecule has 5 nitrogen and oxygen atoms in total. The van der Waals surface area contributed by atoms with Gasteiger partial charge in [-0.15, -0.1) is 0 Å². The van der Waals surface area contributed by atoms with E-state index in [9.17, 15) is 9.18 Å². The Kier molecular flexibility index (Phi) is 3.39. The summed E-state index contributed by atoms with van der Waals surface area (Å²) >= 11 is 3.06. The first-order valence-corrected chi connectivity index (χ1v) is 5.61. The SMILES string of the molecule is N#Cc1c(F)cccc1Nc1nc[nH]c(=O)c1Br. The van der Waals surface area contributed by atoms with E-state index in [4.69, 9.17) is 5.26 Å². The second-order valence-electron chi connectivity index (χ2n) is 3.29. The molecule has 7 heteroatoms. The van der Waals surface area contributed by atoms with Crippen molar-refractivity contribution >= 4 is 27.4 Å². The van der Waals surface area contributed by atoms with Crippen molar-refractivity contribution in [2.45, 2.75) is 0 Å². The lowest BCUT2D eigenvalue weighted by Gasteiger charge is -2.08. The van der Waals surface area contributed by atoms with Crippen LogP contribution in [0.4, 0.5) is 15.9 Å². The molecule has 0 radical (unpaired) electrons. The summed E-state index contributed by atoms with van der Waals surface area (Å²) in [5.74, 6) is -0.427. The fourth-order valence-corrected chi connectivity index (χ4v) is 1.66. The summed E-state index contributed by atoms with van der Waals surface area (Å²) in [7, 11) is 0. The quantitative estimate of drug-likeness (QED) is 0.892. The molecular weight excluding hydrogens is 303 g/mol. The zero-order valence-electron chi connectivity index (χ0n) is 8.87. The summed E-state index contributed by atoms with van der Waals surface area (Å²) in [6.07, 6.45) is 1.21. The maximum atomic E-state index is 13.4. The Balaban J connectivity index is 2.47. The van der Waals surface area contributed by atoms with Gasteiger partial charge in [0.25, 0.3) is 5.56 Å². The summed E-state index contributed by atoms with van der Waals surface area (Å²) in [5.41, 5.74) is -0.259. The maximum Gasteiger partial charge on any atom is 0.267 e. The minimum absolute atomic E-state index is 0.133. The van der Waals surface area contributed by atoms with E-state index in [1.807, 2.05) is 0 Å². The third-order valence-corrected chi connectivity index (χ3v) is 2.91. The van der Waals surface area contributed by atoms with Crippen LogP contribution in [0.15, 0.2) is 33.8 Å². The topological polar surface area (TPSA) is 81.6 Å². The number of halogens is 2. The zero-order chi connectivity index (χ0) is 13.1. The van der Waals surface area contributed by atoms with Gasteiger partial charge in [-0.2, -0.15) is 5.26 Å².